The summed E-state index contributed by atoms with van der Waals surface area (Å²) in [5.41, 5.74) is 2.66. The number of fused-ring (bicyclic) bond motifs is 1. The highest BCUT2D eigenvalue weighted by molar-refractivity contribution is 6.34. The minimum Gasteiger partial charge on any atom is -0.365 e. The zero-order chi connectivity index (χ0) is 13.2. The third kappa shape index (κ3) is 2.29. The quantitative estimate of drug-likeness (QED) is 0.777. The van der Waals surface area contributed by atoms with Crippen LogP contribution in [0.2, 0.25) is 5.02 Å². The number of carbonyl (C=O) groups excluding carboxylic acids is 1. The molecule has 3 heteroatoms. The summed E-state index contributed by atoms with van der Waals surface area (Å²) in [7, 11) is 0. The SMILES string of the molecule is O=C(c1ccccc1Cl)C1OCCc2ccccc21. The number of hydrogen-bond donors (Lipinski definition) is 0. The number of rotatable bonds is 2. The first-order valence-electron chi connectivity index (χ1n) is 6.25. The molecule has 2 nitrogen and oxygen atoms in total. The van der Waals surface area contributed by atoms with Crippen molar-refractivity contribution in [1.29, 1.82) is 0 Å². The van der Waals surface area contributed by atoms with Gasteiger partial charge >= 0.3 is 0 Å². The number of benzene rings is 2. The Bertz CT molecular complexity index is 622. The number of Topliss-reactive ketones (excluding diaryl/α,β-unsaturated/α-hetero) is 1. The lowest BCUT2D eigenvalue weighted by Crippen LogP contribution is -2.23. The molecule has 1 atom stereocenters. The molecular formula is C16H13ClO2. The normalized spacial score (nSPS) is 17.8. The summed E-state index contributed by atoms with van der Waals surface area (Å²) in [6.45, 7) is 0.567. The molecule has 0 saturated heterocycles. The first-order valence-corrected chi connectivity index (χ1v) is 6.63. The second kappa shape index (κ2) is 5.16. The average Bonchev–Trinajstić information content (AvgIpc) is 2.46. The third-order valence-corrected chi connectivity index (χ3v) is 3.70. The first-order chi connectivity index (χ1) is 9.27. The van der Waals surface area contributed by atoms with Crippen LogP contribution in [0.5, 0.6) is 0 Å². The molecule has 2 aromatic rings. The van der Waals surface area contributed by atoms with Gasteiger partial charge in [-0.2, -0.15) is 0 Å². The van der Waals surface area contributed by atoms with E-state index in [0.29, 0.717) is 17.2 Å². The van der Waals surface area contributed by atoms with Crippen LogP contribution in [0.1, 0.15) is 27.6 Å². The van der Waals surface area contributed by atoms with E-state index in [4.69, 9.17) is 16.3 Å². The molecule has 2 aromatic carbocycles. The second-order valence-corrected chi connectivity index (χ2v) is 4.95. The van der Waals surface area contributed by atoms with Gasteiger partial charge in [-0.3, -0.25) is 4.79 Å². The zero-order valence-corrected chi connectivity index (χ0v) is 11.1. The maximum absolute atomic E-state index is 12.6. The summed E-state index contributed by atoms with van der Waals surface area (Å²) >= 11 is 6.09. The Morgan fingerprint density at radius 1 is 1.11 bits per heavy atom. The van der Waals surface area contributed by atoms with Crippen LogP contribution in [0.3, 0.4) is 0 Å². The summed E-state index contributed by atoms with van der Waals surface area (Å²) in [5, 5.41) is 0.471. The van der Waals surface area contributed by atoms with Gasteiger partial charge in [0.25, 0.3) is 0 Å². The van der Waals surface area contributed by atoms with Crippen LogP contribution in [0, 0.1) is 0 Å². The molecular weight excluding hydrogens is 260 g/mol. The van der Waals surface area contributed by atoms with Crippen LogP contribution in [-0.2, 0) is 11.2 Å². The second-order valence-electron chi connectivity index (χ2n) is 4.54. The predicted molar refractivity (Wildman–Crippen MR) is 74.6 cm³/mol. The molecule has 3 rings (SSSR count). The lowest BCUT2D eigenvalue weighted by Gasteiger charge is -2.25. The summed E-state index contributed by atoms with van der Waals surface area (Å²) in [5.74, 6) is -0.0715. The minimum absolute atomic E-state index is 0.0715. The lowest BCUT2D eigenvalue weighted by atomic mass is 9.92. The van der Waals surface area contributed by atoms with Crippen LogP contribution in [0.4, 0.5) is 0 Å². The van der Waals surface area contributed by atoms with Crippen molar-refractivity contribution in [1.82, 2.24) is 0 Å². The number of ether oxygens (including phenoxy) is 1. The molecule has 0 bridgehead atoms. The van der Waals surface area contributed by atoms with Crippen LogP contribution < -0.4 is 0 Å². The van der Waals surface area contributed by atoms with Crippen LogP contribution in [0.15, 0.2) is 48.5 Å². The van der Waals surface area contributed by atoms with Crippen molar-refractivity contribution < 1.29 is 9.53 Å². The fraction of sp³-hybridized carbons (Fsp3) is 0.188. The molecule has 19 heavy (non-hydrogen) atoms. The Kier molecular flexibility index (Phi) is 3.36. The molecule has 1 heterocycles. The van der Waals surface area contributed by atoms with Gasteiger partial charge in [0.05, 0.1) is 11.6 Å². The van der Waals surface area contributed by atoms with Crippen molar-refractivity contribution >= 4 is 17.4 Å². The van der Waals surface area contributed by atoms with Crippen LogP contribution >= 0.6 is 11.6 Å². The van der Waals surface area contributed by atoms with E-state index in [1.807, 2.05) is 36.4 Å². The van der Waals surface area contributed by atoms with E-state index < -0.39 is 6.10 Å². The summed E-state index contributed by atoms with van der Waals surface area (Å²) in [4.78, 5) is 12.6. The molecule has 0 N–H and O–H groups in total. The van der Waals surface area contributed by atoms with E-state index in [1.54, 1.807) is 12.1 Å². The standard InChI is InChI=1S/C16H13ClO2/c17-14-8-4-3-7-13(14)15(18)16-12-6-2-1-5-11(12)9-10-19-16/h1-8,16H,9-10H2. The van der Waals surface area contributed by atoms with Gasteiger partial charge in [-0.05, 0) is 29.7 Å². The van der Waals surface area contributed by atoms with Gasteiger partial charge in [0.2, 0.25) is 0 Å². The van der Waals surface area contributed by atoms with Gasteiger partial charge < -0.3 is 4.74 Å². The van der Waals surface area contributed by atoms with E-state index in [9.17, 15) is 4.79 Å². The Hall–Kier alpha value is -1.64. The Morgan fingerprint density at radius 2 is 1.84 bits per heavy atom. The van der Waals surface area contributed by atoms with E-state index in [1.165, 1.54) is 5.56 Å². The summed E-state index contributed by atoms with van der Waals surface area (Å²) in [6.07, 6.45) is 0.313. The van der Waals surface area contributed by atoms with Crippen LogP contribution in [0.25, 0.3) is 0 Å². The Labute approximate surface area is 117 Å². The molecule has 0 spiro atoms. The minimum atomic E-state index is -0.537. The molecule has 0 saturated carbocycles. The van der Waals surface area contributed by atoms with E-state index >= 15 is 0 Å². The molecule has 0 fully saturated rings. The Morgan fingerprint density at radius 3 is 2.68 bits per heavy atom. The van der Waals surface area contributed by atoms with Crippen molar-refractivity contribution in [2.75, 3.05) is 6.61 Å². The average molecular weight is 273 g/mol. The number of hydrogen-bond acceptors (Lipinski definition) is 2. The van der Waals surface area contributed by atoms with Gasteiger partial charge in [0, 0.05) is 5.56 Å². The summed E-state index contributed by atoms with van der Waals surface area (Å²) in [6, 6.07) is 15.0. The number of halogens is 1. The molecule has 1 aliphatic rings. The third-order valence-electron chi connectivity index (χ3n) is 3.37. The van der Waals surface area contributed by atoms with E-state index in [0.717, 1.165) is 12.0 Å². The molecule has 0 radical (unpaired) electrons. The number of carbonyl (C=O) groups is 1. The zero-order valence-electron chi connectivity index (χ0n) is 10.3. The van der Waals surface area contributed by atoms with Crippen molar-refractivity contribution in [2.45, 2.75) is 12.5 Å². The monoisotopic (exact) mass is 272 g/mol. The van der Waals surface area contributed by atoms with Gasteiger partial charge in [0.1, 0.15) is 6.10 Å². The van der Waals surface area contributed by atoms with Crippen LogP contribution in [-0.4, -0.2) is 12.4 Å². The van der Waals surface area contributed by atoms with Gasteiger partial charge in [-0.25, -0.2) is 0 Å². The first kappa shape index (κ1) is 12.4. The maximum Gasteiger partial charge on any atom is 0.197 e. The topological polar surface area (TPSA) is 26.3 Å². The highest BCUT2D eigenvalue weighted by Gasteiger charge is 2.28. The highest BCUT2D eigenvalue weighted by Crippen LogP contribution is 2.31. The molecule has 0 amide bonds. The molecule has 1 unspecified atom stereocenters. The van der Waals surface area contributed by atoms with E-state index in [-0.39, 0.29) is 5.78 Å². The van der Waals surface area contributed by atoms with Gasteiger partial charge in [0.15, 0.2) is 5.78 Å². The summed E-state index contributed by atoms with van der Waals surface area (Å²) < 4.78 is 5.67. The van der Waals surface area contributed by atoms with E-state index in [2.05, 4.69) is 0 Å². The molecule has 1 aliphatic heterocycles. The maximum atomic E-state index is 12.6. The molecule has 0 aliphatic carbocycles. The fourth-order valence-corrected chi connectivity index (χ4v) is 2.64. The smallest absolute Gasteiger partial charge is 0.197 e. The lowest BCUT2D eigenvalue weighted by molar-refractivity contribution is 0.0349. The van der Waals surface area contributed by atoms with Crippen molar-refractivity contribution in [3.8, 4) is 0 Å². The largest absolute Gasteiger partial charge is 0.365 e. The van der Waals surface area contributed by atoms with Crippen molar-refractivity contribution in [3.63, 3.8) is 0 Å². The molecule has 96 valence electrons. The highest BCUT2D eigenvalue weighted by atomic mass is 35.5. The fourth-order valence-electron chi connectivity index (χ4n) is 2.41. The van der Waals surface area contributed by atoms with Crippen molar-refractivity contribution in [2.24, 2.45) is 0 Å². The van der Waals surface area contributed by atoms with Gasteiger partial charge in [-0.1, -0.05) is 48.0 Å². The predicted octanol–water partition coefficient (Wildman–Crippen LogP) is 3.84. The number of ketones is 1. The van der Waals surface area contributed by atoms with Crippen molar-refractivity contribution in [3.05, 3.63) is 70.2 Å². The Balaban J connectivity index is 2.00. The van der Waals surface area contributed by atoms with Gasteiger partial charge in [-0.15, -0.1) is 0 Å². The molecule has 0 aromatic heterocycles.